The van der Waals surface area contributed by atoms with Gasteiger partial charge in [-0.15, -0.1) is 0 Å². The summed E-state index contributed by atoms with van der Waals surface area (Å²) in [6.45, 7) is 6.42. The van der Waals surface area contributed by atoms with Gasteiger partial charge in [0, 0.05) is 11.5 Å². The Hall–Kier alpha value is -1.19. The average Bonchev–Trinajstić information content (AvgIpc) is 2.15. The molecule has 1 aromatic rings. The van der Waals surface area contributed by atoms with Gasteiger partial charge in [0.15, 0.2) is 11.6 Å². The Balaban J connectivity index is 0.000000385. The number of hydrogen-bond acceptors (Lipinski definition) is 3. The van der Waals surface area contributed by atoms with E-state index in [1.165, 1.54) is 13.8 Å². The van der Waals surface area contributed by atoms with Crippen LogP contribution >= 0.6 is 0 Å². The summed E-state index contributed by atoms with van der Waals surface area (Å²) in [4.78, 5) is 11.3. The van der Waals surface area contributed by atoms with Crippen LogP contribution in [0.1, 0.15) is 38.1 Å². The maximum atomic E-state index is 11.3. The maximum Gasteiger partial charge on any atom is 0.165 e. The van der Waals surface area contributed by atoms with E-state index < -0.39 is 5.79 Å². The van der Waals surface area contributed by atoms with Crippen LogP contribution in [-0.2, 0) is 0 Å². The first-order valence-corrected chi connectivity index (χ1v) is 5.26. The van der Waals surface area contributed by atoms with Gasteiger partial charge in [-0.3, -0.25) is 4.79 Å². The van der Waals surface area contributed by atoms with E-state index in [-0.39, 0.29) is 11.7 Å². The average molecular weight is 224 g/mol. The molecule has 3 heteroatoms. The highest BCUT2D eigenvalue weighted by molar-refractivity contribution is 5.97. The number of aliphatic hydroxyl groups is 2. The summed E-state index contributed by atoms with van der Waals surface area (Å²) < 4.78 is 0. The highest BCUT2D eigenvalue weighted by Gasteiger charge is 2.08. The molecule has 0 radical (unpaired) electrons. The van der Waals surface area contributed by atoms with E-state index in [4.69, 9.17) is 10.2 Å². The zero-order valence-corrected chi connectivity index (χ0v) is 10.3. The summed E-state index contributed by atoms with van der Waals surface area (Å²) in [6, 6.07) is 9.38. The molecule has 0 heterocycles. The molecule has 16 heavy (non-hydrogen) atoms. The fourth-order valence-electron chi connectivity index (χ4n) is 0.936. The minimum Gasteiger partial charge on any atom is -0.366 e. The Morgan fingerprint density at radius 2 is 1.50 bits per heavy atom. The van der Waals surface area contributed by atoms with Crippen molar-refractivity contribution in [3.05, 3.63) is 35.9 Å². The second-order valence-corrected chi connectivity index (χ2v) is 4.38. The molecule has 3 nitrogen and oxygen atoms in total. The van der Waals surface area contributed by atoms with Gasteiger partial charge in [0.1, 0.15) is 0 Å². The SMILES string of the molecule is CC(C)(O)O.CC(C)C(=O)c1ccccc1. The normalized spacial score (nSPS) is 10.7. The van der Waals surface area contributed by atoms with Gasteiger partial charge in [-0.1, -0.05) is 44.2 Å². The summed E-state index contributed by atoms with van der Waals surface area (Å²) in [7, 11) is 0. The number of carbonyl (C=O) groups excluding carboxylic acids is 1. The molecule has 0 saturated heterocycles. The molecular weight excluding hydrogens is 204 g/mol. The van der Waals surface area contributed by atoms with Crippen LogP contribution < -0.4 is 0 Å². The zero-order valence-electron chi connectivity index (χ0n) is 10.3. The number of rotatable bonds is 2. The van der Waals surface area contributed by atoms with E-state index in [1.807, 2.05) is 44.2 Å². The van der Waals surface area contributed by atoms with Crippen LogP contribution in [0.2, 0.25) is 0 Å². The summed E-state index contributed by atoms with van der Waals surface area (Å²) in [5.74, 6) is -1.19. The Bertz CT molecular complexity index is 304. The van der Waals surface area contributed by atoms with Crippen molar-refractivity contribution in [2.75, 3.05) is 0 Å². The fourth-order valence-corrected chi connectivity index (χ4v) is 0.936. The Morgan fingerprint density at radius 3 is 1.81 bits per heavy atom. The minimum atomic E-state index is -1.50. The third kappa shape index (κ3) is 8.15. The third-order valence-corrected chi connectivity index (χ3v) is 1.58. The van der Waals surface area contributed by atoms with Crippen LogP contribution in [0.4, 0.5) is 0 Å². The molecule has 0 aliphatic rings. The molecule has 0 spiro atoms. The second kappa shape index (κ2) is 6.40. The molecule has 0 aromatic heterocycles. The summed E-state index contributed by atoms with van der Waals surface area (Å²) in [6.07, 6.45) is 0. The first kappa shape index (κ1) is 14.8. The lowest BCUT2D eigenvalue weighted by Crippen LogP contribution is -2.15. The van der Waals surface area contributed by atoms with Gasteiger partial charge < -0.3 is 10.2 Å². The monoisotopic (exact) mass is 224 g/mol. The molecule has 0 unspecified atom stereocenters. The van der Waals surface area contributed by atoms with E-state index in [1.54, 1.807) is 0 Å². The lowest BCUT2D eigenvalue weighted by molar-refractivity contribution is -0.127. The van der Waals surface area contributed by atoms with E-state index in [0.717, 1.165) is 5.56 Å². The Kier molecular flexibility index (Phi) is 5.93. The number of benzene rings is 1. The molecule has 90 valence electrons. The molecule has 1 aromatic carbocycles. The third-order valence-electron chi connectivity index (χ3n) is 1.58. The van der Waals surface area contributed by atoms with Crippen LogP contribution in [0.15, 0.2) is 30.3 Å². The van der Waals surface area contributed by atoms with E-state index >= 15 is 0 Å². The molecule has 0 bridgehead atoms. The van der Waals surface area contributed by atoms with Crippen molar-refractivity contribution < 1.29 is 15.0 Å². The summed E-state index contributed by atoms with van der Waals surface area (Å²) in [5.41, 5.74) is 0.808. The van der Waals surface area contributed by atoms with Crippen LogP contribution in [-0.4, -0.2) is 21.8 Å². The summed E-state index contributed by atoms with van der Waals surface area (Å²) >= 11 is 0. The van der Waals surface area contributed by atoms with E-state index in [0.29, 0.717) is 0 Å². The predicted molar refractivity (Wildman–Crippen MR) is 64.1 cm³/mol. The van der Waals surface area contributed by atoms with Gasteiger partial charge in [-0.05, 0) is 13.8 Å². The van der Waals surface area contributed by atoms with Gasteiger partial charge in [0.25, 0.3) is 0 Å². The maximum absolute atomic E-state index is 11.3. The zero-order chi connectivity index (χ0) is 12.8. The number of hydrogen-bond donors (Lipinski definition) is 2. The van der Waals surface area contributed by atoms with Crippen molar-refractivity contribution in [3.8, 4) is 0 Å². The van der Waals surface area contributed by atoms with Gasteiger partial charge in [-0.25, -0.2) is 0 Å². The van der Waals surface area contributed by atoms with E-state index in [2.05, 4.69) is 0 Å². The highest BCUT2D eigenvalue weighted by Crippen LogP contribution is 2.06. The van der Waals surface area contributed by atoms with Gasteiger partial charge in [-0.2, -0.15) is 0 Å². The molecule has 0 fully saturated rings. The first-order valence-electron chi connectivity index (χ1n) is 5.26. The molecule has 0 atom stereocenters. The highest BCUT2D eigenvalue weighted by atomic mass is 16.5. The molecule has 1 rings (SSSR count). The Morgan fingerprint density at radius 1 is 1.12 bits per heavy atom. The van der Waals surface area contributed by atoms with Gasteiger partial charge in [0.05, 0.1) is 0 Å². The number of ketones is 1. The largest absolute Gasteiger partial charge is 0.366 e. The van der Waals surface area contributed by atoms with Crippen molar-refractivity contribution in [2.24, 2.45) is 5.92 Å². The van der Waals surface area contributed by atoms with Gasteiger partial charge in [0.2, 0.25) is 0 Å². The van der Waals surface area contributed by atoms with Crippen LogP contribution in [0, 0.1) is 5.92 Å². The van der Waals surface area contributed by atoms with Crippen molar-refractivity contribution in [1.29, 1.82) is 0 Å². The molecule has 0 aliphatic carbocycles. The molecule has 0 aliphatic heterocycles. The van der Waals surface area contributed by atoms with Crippen molar-refractivity contribution in [1.82, 2.24) is 0 Å². The van der Waals surface area contributed by atoms with Crippen molar-refractivity contribution >= 4 is 5.78 Å². The molecule has 0 amide bonds. The van der Waals surface area contributed by atoms with Crippen molar-refractivity contribution in [3.63, 3.8) is 0 Å². The predicted octanol–water partition coefficient (Wildman–Crippen LogP) is 2.23. The second-order valence-electron chi connectivity index (χ2n) is 4.38. The van der Waals surface area contributed by atoms with Crippen LogP contribution in [0.25, 0.3) is 0 Å². The smallest absolute Gasteiger partial charge is 0.165 e. The standard InChI is InChI=1S/C10H12O.C3H8O2/c1-8(2)10(11)9-6-4-3-5-7-9;1-3(2,4)5/h3-8H,1-2H3;4-5H,1-2H3. The van der Waals surface area contributed by atoms with Crippen molar-refractivity contribution in [2.45, 2.75) is 33.5 Å². The number of carbonyl (C=O) groups is 1. The first-order chi connectivity index (χ1) is 7.22. The topological polar surface area (TPSA) is 57.5 Å². The fraction of sp³-hybridized carbons (Fsp3) is 0.462. The molecule has 0 saturated carbocycles. The van der Waals surface area contributed by atoms with Gasteiger partial charge >= 0.3 is 0 Å². The lowest BCUT2D eigenvalue weighted by Gasteiger charge is -2.03. The quantitative estimate of drug-likeness (QED) is 0.598. The molecule has 2 N–H and O–H groups in total. The summed E-state index contributed by atoms with van der Waals surface area (Å²) in [5, 5.41) is 16.2. The van der Waals surface area contributed by atoms with Crippen LogP contribution in [0.3, 0.4) is 0 Å². The molecular formula is C13H20O3. The Labute approximate surface area is 96.7 Å². The number of Topliss-reactive ketones (excluding diaryl/α,β-unsaturated/α-hetero) is 1. The van der Waals surface area contributed by atoms with E-state index in [9.17, 15) is 4.79 Å². The van der Waals surface area contributed by atoms with Crippen LogP contribution in [0.5, 0.6) is 0 Å². The lowest BCUT2D eigenvalue weighted by atomic mass is 10.0. The minimum absolute atomic E-state index is 0.0948.